The highest BCUT2D eigenvalue weighted by Crippen LogP contribution is 2.23. The molecule has 84 valence electrons. The zero-order chi connectivity index (χ0) is 11.3. The van der Waals surface area contributed by atoms with Gasteiger partial charge >= 0.3 is 0 Å². The van der Waals surface area contributed by atoms with Crippen LogP contribution in [-0.2, 0) is 9.53 Å². The molecule has 0 aromatic rings. The molecule has 0 saturated carbocycles. The SMILES string of the molecule is C=CC1CC/C(=C/C(=O)N(CC)CC)O1. The molecule has 3 nitrogen and oxygen atoms in total. The quantitative estimate of drug-likeness (QED) is 0.524. The molecule has 0 bridgehead atoms. The molecule has 1 amide bonds. The van der Waals surface area contributed by atoms with E-state index in [0.29, 0.717) is 0 Å². The van der Waals surface area contributed by atoms with Crippen LogP contribution in [0.5, 0.6) is 0 Å². The van der Waals surface area contributed by atoms with E-state index in [1.54, 1.807) is 17.1 Å². The lowest BCUT2D eigenvalue weighted by Crippen LogP contribution is -2.29. The Bertz CT molecular complexity index is 267. The van der Waals surface area contributed by atoms with Crippen molar-refractivity contribution in [2.45, 2.75) is 32.8 Å². The van der Waals surface area contributed by atoms with Crippen molar-refractivity contribution in [1.29, 1.82) is 0 Å². The van der Waals surface area contributed by atoms with Gasteiger partial charge in [-0.15, -0.1) is 0 Å². The summed E-state index contributed by atoms with van der Waals surface area (Å²) in [5, 5.41) is 0. The lowest BCUT2D eigenvalue weighted by atomic mass is 10.2. The summed E-state index contributed by atoms with van der Waals surface area (Å²) in [6, 6.07) is 0. The Balaban J connectivity index is 2.56. The van der Waals surface area contributed by atoms with Crippen LogP contribution in [-0.4, -0.2) is 30.0 Å². The molecule has 0 N–H and O–H groups in total. The van der Waals surface area contributed by atoms with Crippen molar-refractivity contribution in [3.63, 3.8) is 0 Å². The van der Waals surface area contributed by atoms with Crippen LogP contribution in [0.25, 0.3) is 0 Å². The first kappa shape index (κ1) is 11.8. The second-order valence-corrected chi connectivity index (χ2v) is 3.55. The molecule has 1 atom stereocenters. The number of carbonyl (C=O) groups excluding carboxylic acids is 1. The molecular formula is C12H19NO2. The van der Waals surface area contributed by atoms with Gasteiger partial charge in [0.2, 0.25) is 5.91 Å². The van der Waals surface area contributed by atoms with Crippen molar-refractivity contribution in [1.82, 2.24) is 4.90 Å². The molecule has 0 aliphatic carbocycles. The van der Waals surface area contributed by atoms with Crippen LogP contribution >= 0.6 is 0 Å². The predicted molar refractivity (Wildman–Crippen MR) is 60.3 cm³/mol. The molecule has 1 aliphatic heterocycles. The summed E-state index contributed by atoms with van der Waals surface area (Å²) in [6.07, 6.45) is 5.24. The minimum Gasteiger partial charge on any atom is -0.491 e. The van der Waals surface area contributed by atoms with Gasteiger partial charge in [0, 0.05) is 25.6 Å². The third-order valence-corrected chi connectivity index (χ3v) is 2.60. The number of amides is 1. The van der Waals surface area contributed by atoms with E-state index in [0.717, 1.165) is 31.7 Å². The predicted octanol–water partition coefficient (Wildman–Crippen LogP) is 2.10. The number of hydrogen-bond donors (Lipinski definition) is 0. The van der Waals surface area contributed by atoms with Crippen LogP contribution in [0.3, 0.4) is 0 Å². The highest BCUT2D eigenvalue weighted by atomic mass is 16.5. The van der Waals surface area contributed by atoms with Gasteiger partial charge < -0.3 is 9.64 Å². The largest absolute Gasteiger partial charge is 0.491 e. The van der Waals surface area contributed by atoms with Crippen LogP contribution in [0.15, 0.2) is 24.5 Å². The molecule has 15 heavy (non-hydrogen) atoms. The van der Waals surface area contributed by atoms with Crippen LogP contribution < -0.4 is 0 Å². The lowest BCUT2D eigenvalue weighted by Gasteiger charge is -2.16. The summed E-state index contributed by atoms with van der Waals surface area (Å²) < 4.78 is 5.52. The number of carbonyl (C=O) groups is 1. The maximum absolute atomic E-state index is 11.7. The lowest BCUT2D eigenvalue weighted by molar-refractivity contribution is -0.125. The number of allylic oxidation sites excluding steroid dienone is 1. The van der Waals surface area contributed by atoms with E-state index in [-0.39, 0.29) is 12.0 Å². The van der Waals surface area contributed by atoms with E-state index in [1.807, 2.05) is 13.8 Å². The Morgan fingerprint density at radius 2 is 2.27 bits per heavy atom. The standard InChI is InChI=1S/C12H19NO2/c1-4-10-7-8-11(15-10)9-12(14)13(5-2)6-3/h4,9-10H,1,5-8H2,2-3H3/b11-9-. The number of likely N-dealkylation sites (N-methyl/N-ethyl adjacent to an activating group) is 1. The van der Waals surface area contributed by atoms with Crippen LogP contribution in [0.1, 0.15) is 26.7 Å². The topological polar surface area (TPSA) is 29.5 Å². The van der Waals surface area contributed by atoms with E-state index in [1.165, 1.54) is 0 Å². The fraction of sp³-hybridized carbons (Fsp3) is 0.583. The average Bonchev–Trinajstić information content (AvgIpc) is 2.67. The Labute approximate surface area is 91.4 Å². The van der Waals surface area contributed by atoms with Gasteiger partial charge in [-0.3, -0.25) is 4.79 Å². The zero-order valence-electron chi connectivity index (χ0n) is 9.53. The second-order valence-electron chi connectivity index (χ2n) is 3.55. The highest BCUT2D eigenvalue weighted by molar-refractivity contribution is 5.88. The first-order valence-electron chi connectivity index (χ1n) is 5.49. The third-order valence-electron chi connectivity index (χ3n) is 2.60. The van der Waals surface area contributed by atoms with Crippen molar-refractivity contribution in [2.24, 2.45) is 0 Å². The molecule has 1 rings (SSSR count). The second kappa shape index (κ2) is 5.59. The van der Waals surface area contributed by atoms with Gasteiger partial charge in [-0.1, -0.05) is 12.7 Å². The summed E-state index contributed by atoms with van der Waals surface area (Å²) in [5.41, 5.74) is 0. The maximum Gasteiger partial charge on any atom is 0.249 e. The average molecular weight is 209 g/mol. The van der Waals surface area contributed by atoms with E-state index >= 15 is 0 Å². The first-order chi connectivity index (χ1) is 7.21. The number of ether oxygens (including phenoxy) is 1. The van der Waals surface area contributed by atoms with Crippen LogP contribution in [0.4, 0.5) is 0 Å². The van der Waals surface area contributed by atoms with Gasteiger partial charge in [-0.05, 0) is 20.3 Å². The van der Waals surface area contributed by atoms with Gasteiger partial charge in [0.1, 0.15) is 11.9 Å². The molecule has 1 heterocycles. The summed E-state index contributed by atoms with van der Waals surface area (Å²) in [6.45, 7) is 9.10. The normalized spacial score (nSPS) is 22.5. The molecule has 0 aromatic carbocycles. The van der Waals surface area contributed by atoms with Crippen LogP contribution in [0.2, 0.25) is 0 Å². The molecule has 0 spiro atoms. The van der Waals surface area contributed by atoms with Crippen molar-refractivity contribution in [3.05, 3.63) is 24.5 Å². The number of hydrogen-bond acceptors (Lipinski definition) is 2. The minimum absolute atomic E-state index is 0.0414. The Morgan fingerprint density at radius 3 is 2.73 bits per heavy atom. The molecular weight excluding hydrogens is 190 g/mol. The first-order valence-corrected chi connectivity index (χ1v) is 5.49. The smallest absolute Gasteiger partial charge is 0.249 e. The monoisotopic (exact) mass is 209 g/mol. The fourth-order valence-corrected chi connectivity index (χ4v) is 1.63. The zero-order valence-corrected chi connectivity index (χ0v) is 9.53. The Hall–Kier alpha value is -1.25. The molecule has 0 aromatic heterocycles. The Morgan fingerprint density at radius 1 is 1.60 bits per heavy atom. The van der Waals surface area contributed by atoms with E-state index < -0.39 is 0 Å². The van der Waals surface area contributed by atoms with Crippen molar-refractivity contribution < 1.29 is 9.53 Å². The summed E-state index contributed by atoms with van der Waals surface area (Å²) in [4.78, 5) is 13.5. The van der Waals surface area contributed by atoms with Gasteiger partial charge in [0.05, 0.1) is 0 Å². The molecule has 3 heteroatoms. The van der Waals surface area contributed by atoms with Crippen molar-refractivity contribution in [2.75, 3.05) is 13.1 Å². The van der Waals surface area contributed by atoms with Crippen molar-refractivity contribution in [3.8, 4) is 0 Å². The highest BCUT2D eigenvalue weighted by Gasteiger charge is 2.19. The molecule has 0 radical (unpaired) electrons. The summed E-state index contributed by atoms with van der Waals surface area (Å²) in [7, 11) is 0. The maximum atomic E-state index is 11.7. The Kier molecular flexibility index (Phi) is 4.40. The van der Waals surface area contributed by atoms with E-state index in [2.05, 4.69) is 6.58 Å². The van der Waals surface area contributed by atoms with Gasteiger partial charge in [-0.2, -0.15) is 0 Å². The molecule has 1 saturated heterocycles. The summed E-state index contributed by atoms with van der Waals surface area (Å²) >= 11 is 0. The van der Waals surface area contributed by atoms with E-state index in [4.69, 9.17) is 4.74 Å². The van der Waals surface area contributed by atoms with Crippen LogP contribution in [0, 0.1) is 0 Å². The van der Waals surface area contributed by atoms with Crippen molar-refractivity contribution >= 4 is 5.91 Å². The number of nitrogens with zero attached hydrogens (tertiary/aromatic N) is 1. The van der Waals surface area contributed by atoms with E-state index in [9.17, 15) is 4.79 Å². The molecule has 1 fully saturated rings. The van der Waals surface area contributed by atoms with Gasteiger partial charge in [-0.25, -0.2) is 0 Å². The van der Waals surface area contributed by atoms with Gasteiger partial charge in [0.15, 0.2) is 0 Å². The molecule has 1 unspecified atom stereocenters. The summed E-state index contributed by atoms with van der Waals surface area (Å²) in [5.74, 6) is 0.830. The minimum atomic E-state index is 0.0414. The third kappa shape index (κ3) is 3.11. The fourth-order valence-electron chi connectivity index (χ4n) is 1.63. The molecule has 1 aliphatic rings. The number of rotatable bonds is 4. The van der Waals surface area contributed by atoms with Gasteiger partial charge in [0.25, 0.3) is 0 Å².